The van der Waals surface area contributed by atoms with Crippen LogP contribution in [0.15, 0.2) is 40.9 Å². The van der Waals surface area contributed by atoms with E-state index in [0.29, 0.717) is 12.3 Å². The van der Waals surface area contributed by atoms with Crippen LogP contribution in [0.5, 0.6) is 0 Å². The normalized spacial score (nSPS) is 16.4. The molecule has 0 N–H and O–H groups in total. The van der Waals surface area contributed by atoms with Crippen molar-refractivity contribution in [2.75, 3.05) is 13.2 Å². The van der Waals surface area contributed by atoms with Gasteiger partial charge in [0.15, 0.2) is 5.78 Å². The van der Waals surface area contributed by atoms with Gasteiger partial charge in [-0.05, 0) is 47.7 Å². The number of hydrogen-bond acceptors (Lipinski definition) is 2. The summed E-state index contributed by atoms with van der Waals surface area (Å²) in [5, 5.41) is 2.27. The van der Waals surface area contributed by atoms with Gasteiger partial charge in [-0.15, -0.1) is 0 Å². The molecule has 1 fully saturated rings. The lowest BCUT2D eigenvalue weighted by atomic mass is 9.91. The van der Waals surface area contributed by atoms with E-state index in [-0.39, 0.29) is 5.78 Å². The van der Waals surface area contributed by atoms with Crippen LogP contribution in [0.4, 0.5) is 0 Å². The fraction of sp³-hybridized carbons (Fsp3) is 0.353. The van der Waals surface area contributed by atoms with Gasteiger partial charge < -0.3 is 4.74 Å². The third kappa shape index (κ3) is 3.10. The van der Waals surface area contributed by atoms with Crippen LogP contribution in [0.3, 0.4) is 0 Å². The van der Waals surface area contributed by atoms with Gasteiger partial charge >= 0.3 is 0 Å². The number of fused-ring (bicyclic) bond motifs is 1. The minimum Gasteiger partial charge on any atom is -0.381 e. The van der Waals surface area contributed by atoms with E-state index in [4.69, 9.17) is 4.74 Å². The second-order valence-corrected chi connectivity index (χ2v) is 6.30. The maximum absolute atomic E-state index is 12.4. The lowest BCUT2D eigenvalue weighted by Gasteiger charge is -2.21. The molecule has 2 aromatic carbocycles. The zero-order chi connectivity index (χ0) is 13.9. The molecule has 0 spiro atoms. The number of carbonyl (C=O) groups excluding carboxylic acids is 1. The Labute approximate surface area is 127 Å². The van der Waals surface area contributed by atoms with Gasteiger partial charge in [0, 0.05) is 29.7 Å². The molecule has 2 nitrogen and oxygen atoms in total. The van der Waals surface area contributed by atoms with Crippen LogP contribution in [0.2, 0.25) is 0 Å². The molecule has 104 valence electrons. The second kappa shape index (κ2) is 6.06. The quantitative estimate of drug-likeness (QED) is 0.767. The summed E-state index contributed by atoms with van der Waals surface area (Å²) >= 11 is 3.47. The van der Waals surface area contributed by atoms with Gasteiger partial charge in [-0.25, -0.2) is 0 Å². The molecule has 20 heavy (non-hydrogen) atoms. The fourth-order valence-corrected chi connectivity index (χ4v) is 3.10. The average molecular weight is 333 g/mol. The Hall–Kier alpha value is -1.19. The summed E-state index contributed by atoms with van der Waals surface area (Å²) in [5.74, 6) is 0.735. The molecule has 0 radical (unpaired) electrons. The lowest BCUT2D eigenvalue weighted by Crippen LogP contribution is -2.18. The highest BCUT2D eigenvalue weighted by Crippen LogP contribution is 2.24. The van der Waals surface area contributed by atoms with E-state index in [0.717, 1.165) is 46.9 Å². The van der Waals surface area contributed by atoms with E-state index < -0.39 is 0 Å². The van der Waals surface area contributed by atoms with Gasteiger partial charge in [0.2, 0.25) is 0 Å². The number of hydrogen-bond donors (Lipinski definition) is 0. The summed E-state index contributed by atoms with van der Waals surface area (Å²) in [6, 6.07) is 12.1. The number of Topliss-reactive ketones (excluding diaryl/α,β-unsaturated/α-hetero) is 1. The molecule has 1 aliphatic heterocycles. The molecule has 0 bridgehead atoms. The number of benzene rings is 2. The van der Waals surface area contributed by atoms with Crippen LogP contribution in [-0.2, 0) is 4.74 Å². The van der Waals surface area contributed by atoms with Gasteiger partial charge in [-0.2, -0.15) is 0 Å². The Morgan fingerprint density at radius 3 is 2.60 bits per heavy atom. The highest BCUT2D eigenvalue weighted by atomic mass is 79.9. The maximum atomic E-state index is 12.4. The van der Waals surface area contributed by atoms with Gasteiger partial charge in [-0.3, -0.25) is 4.79 Å². The predicted molar refractivity (Wildman–Crippen MR) is 84.1 cm³/mol. The van der Waals surface area contributed by atoms with E-state index in [1.165, 1.54) is 0 Å². The first-order valence-electron chi connectivity index (χ1n) is 7.02. The summed E-state index contributed by atoms with van der Waals surface area (Å²) in [5.41, 5.74) is 0.825. The van der Waals surface area contributed by atoms with Crippen molar-refractivity contribution in [2.45, 2.75) is 19.3 Å². The largest absolute Gasteiger partial charge is 0.381 e. The zero-order valence-corrected chi connectivity index (χ0v) is 12.9. The summed E-state index contributed by atoms with van der Waals surface area (Å²) < 4.78 is 6.40. The number of carbonyl (C=O) groups is 1. The first kappa shape index (κ1) is 13.8. The Balaban J connectivity index is 1.78. The van der Waals surface area contributed by atoms with Crippen molar-refractivity contribution < 1.29 is 9.53 Å². The van der Waals surface area contributed by atoms with Crippen LogP contribution < -0.4 is 0 Å². The number of ether oxygens (including phenoxy) is 1. The minimum absolute atomic E-state index is 0.252. The Bertz CT molecular complexity index is 630. The molecule has 3 heteroatoms. The van der Waals surface area contributed by atoms with Gasteiger partial charge in [0.1, 0.15) is 0 Å². The molecule has 0 unspecified atom stereocenters. The zero-order valence-electron chi connectivity index (χ0n) is 11.3. The van der Waals surface area contributed by atoms with E-state index >= 15 is 0 Å². The van der Waals surface area contributed by atoms with Crippen molar-refractivity contribution in [2.24, 2.45) is 5.92 Å². The number of halogens is 1. The van der Waals surface area contributed by atoms with Crippen molar-refractivity contribution in [3.05, 3.63) is 46.4 Å². The van der Waals surface area contributed by atoms with Crippen LogP contribution in [-0.4, -0.2) is 19.0 Å². The van der Waals surface area contributed by atoms with Crippen molar-refractivity contribution in [3.8, 4) is 0 Å². The number of ketones is 1. The Morgan fingerprint density at radius 2 is 1.80 bits per heavy atom. The SMILES string of the molecule is O=C(CC1CCOCC1)c1ccc2cc(Br)ccc2c1. The van der Waals surface area contributed by atoms with Crippen LogP contribution in [0.25, 0.3) is 10.8 Å². The van der Waals surface area contributed by atoms with Crippen LogP contribution >= 0.6 is 15.9 Å². The van der Waals surface area contributed by atoms with Crippen molar-refractivity contribution >= 4 is 32.5 Å². The molecular formula is C17H17BrO2. The average Bonchev–Trinajstić information content (AvgIpc) is 2.47. The second-order valence-electron chi connectivity index (χ2n) is 5.39. The third-order valence-electron chi connectivity index (χ3n) is 3.94. The van der Waals surface area contributed by atoms with E-state index in [9.17, 15) is 4.79 Å². The molecule has 2 aromatic rings. The van der Waals surface area contributed by atoms with E-state index in [1.54, 1.807) is 0 Å². The monoisotopic (exact) mass is 332 g/mol. The summed E-state index contributed by atoms with van der Waals surface area (Å²) in [6.07, 6.45) is 2.66. The van der Waals surface area contributed by atoms with Gasteiger partial charge in [0.05, 0.1) is 0 Å². The standard InChI is InChI=1S/C17H17BrO2/c18-16-4-3-13-10-15(2-1-14(13)11-16)17(19)9-12-5-7-20-8-6-12/h1-4,10-12H,5-9H2. The van der Waals surface area contributed by atoms with E-state index in [2.05, 4.69) is 22.0 Å². The van der Waals surface area contributed by atoms with Crippen LogP contribution in [0, 0.1) is 5.92 Å². The first-order valence-corrected chi connectivity index (χ1v) is 7.82. The molecule has 3 rings (SSSR count). The number of rotatable bonds is 3. The molecule has 0 atom stereocenters. The van der Waals surface area contributed by atoms with Gasteiger partial charge in [0.25, 0.3) is 0 Å². The Kier molecular flexibility index (Phi) is 4.18. The molecule has 0 aromatic heterocycles. The molecule has 1 heterocycles. The first-order chi connectivity index (χ1) is 9.72. The highest BCUT2D eigenvalue weighted by molar-refractivity contribution is 9.10. The molecule has 0 amide bonds. The molecular weight excluding hydrogens is 316 g/mol. The Morgan fingerprint density at radius 1 is 1.10 bits per heavy atom. The predicted octanol–water partition coefficient (Wildman–Crippen LogP) is 4.60. The summed E-state index contributed by atoms with van der Waals surface area (Å²) in [4.78, 5) is 12.4. The van der Waals surface area contributed by atoms with Crippen LogP contribution in [0.1, 0.15) is 29.6 Å². The smallest absolute Gasteiger partial charge is 0.163 e. The highest BCUT2D eigenvalue weighted by Gasteiger charge is 2.18. The summed E-state index contributed by atoms with van der Waals surface area (Å²) in [6.45, 7) is 1.59. The van der Waals surface area contributed by atoms with Crippen molar-refractivity contribution in [1.82, 2.24) is 0 Å². The molecule has 1 aliphatic rings. The molecule has 0 saturated carbocycles. The fourth-order valence-electron chi connectivity index (χ4n) is 2.72. The van der Waals surface area contributed by atoms with Crippen molar-refractivity contribution in [1.29, 1.82) is 0 Å². The third-order valence-corrected chi connectivity index (χ3v) is 4.43. The van der Waals surface area contributed by atoms with Crippen molar-refractivity contribution in [3.63, 3.8) is 0 Å². The lowest BCUT2D eigenvalue weighted by molar-refractivity contribution is 0.0601. The maximum Gasteiger partial charge on any atom is 0.163 e. The minimum atomic E-state index is 0.252. The topological polar surface area (TPSA) is 26.3 Å². The van der Waals surface area contributed by atoms with E-state index in [1.807, 2.05) is 30.3 Å². The molecule has 1 saturated heterocycles. The van der Waals surface area contributed by atoms with Gasteiger partial charge in [-0.1, -0.05) is 34.1 Å². The molecule has 0 aliphatic carbocycles. The summed E-state index contributed by atoms with van der Waals surface area (Å²) in [7, 11) is 0.